The number of carbonyl (C=O) groups excluding carboxylic acids is 2. The largest absolute Gasteiger partial charge is 0.354 e. The van der Waals surface area contributed by atoms with E-state index < -0.39 is 51.9 Å². The van der Waals surface area contributed by atoms with Gasteiger partial charge in [-0.1, -0.05) is 56.3 Å². The summed E-state index contributed by atoms with van der Waals surface area (Å²) in [5, 5.41) is 2.85. The highest BCUT2D eigenvalue weighted by Crippen LogP contribution is 2.22. The van der Waals surface area contributed by atoms with Gasteiger partial charge in [0.25, 0.3) is 0 Å². The summed E-state index contributed by atoms with van der Waals surface area (Å²) in [4.78, 5) is 28.6. The molecule has 1 unspecified atom stereocenters. The highest BCUT2D eigenvalue weighted by Gasteiger charge is 2.33. The van der Waals surface area contributed by atoms with Crippen LogP contribution in [0.3, 0.4) is 0 Å². The van der Waals surface area contributed by atoms with Gasteiger partial charge in [-0.15, -0.1) is 0 Å². The van der Waals surface area contributed by atoms with Gasteiger partial charge >= 0.3 is 0 Å². The molecule has 3 rings (SSSR count). The van der Waals surface area contributed by atoms with Crippen LogP contribution in [-0.4, -0.2) is 50.5 Å². The van der Waals surface area contributed by atoms with Crippen LogP contribution < -0.4 is 9.62 Å². The SMILES string of the molecule is CC(C)CNC(=O)C(Cc1ccccc1)N(Cc1ccc(F)cc1)C(=O)CN(c1ccc(F)c(F)c1)S(C)(=O)=O. The number of anilines is 1. The topological polar surface area (TPSA) is 86.8 Å². The fourth-order valence-electron chi connectivity index (χ4n) is 4.02. The Balaban J connectivity index is 2.05. The predicted molar refractivity (Wildman–Crippen MR) is 147 cm³/mol. The lowest BCUT2D eigenvalue weighted by Crippen LogP contribution is -2.53. The van der Waals surface area contributed by atoms with Crippen molar-refractivity contribution >= 4 is 27.5 Å². The average molecular weight is 576 g/mol. The number of nitrogens with zero attached hydrogens (tertiary/aromatic N) is 2. The minimum Gasteiger partial charge on any atom is -0.354 e. The zero-order chi connectivity index (χ0) is 29.4. The molecule has 0 bridgehead atoms. The van der Waals surface area contributed by atoms with Gasteiger partial charge in [-0.3, -0.25) is 13.9 Å². The third-order valence-corrected chi connectivity index (χ3v) is 7.23. The van der Waals surface area contributed by atoms with Gasteiger partial charge in [0.2, 0.25) is 21.8 Å². The maximum Gasteiger partial charge on any atom is 0.244 e. The number of benzene rings is 3. The monoisotopic (exact) mass is 575 g/mol. The van der Waals surface area contributed by atoms with Crippen LogP contribution >= 0.6 is 0 Å². The summed E-state index contributed by atoms with van der Waals surface area (Å²) < 4.78 is 67.2. The lowest BCUT2D eigenvalue weighted by molar-refractivity contribution is -0.140. The second kappa shape index (κ2) is 13.5. The Labute approximate surface area is 232 Å². The molecule has 1 atom stereocenters. The summed E-state index contributed by atoms with van der Waals surface area (Å²) in [6, 6.07) is 15.8. The van der Waals surface area contributed by atoms with Crippen LogP contribution in [0.5, 0.6) is 0 Å². The number of amides is 2. The Morgan fingerprint density at radius 3 is 2.10 bits per heavy atom. The van der Waals surface area contributed by atoms with Crippen LogP contribution in [0.25, 0.3) is 0 Å². The number of hydrogen-bond acceptors (Lipinski definition) is 4. The Kier molecular flexibility index (Phi) is 10.3. The maximum atomic E-state index is 14.0. The molecule has 40 heavy (non-hydrogen) atoms. The Bertz CT molecular complexity index is 1420. The van der Waals surface area contributed by atoms with E-state index in [0.29, 0.717) is 22.5 Å². The second-order valence-electron chi connectivity index (χ2n) is 9.86. The summed E-state index contributed by atoms with van der Waals surface area (Å²) in [6.45, 7) is 3.25. The van der Waals surface area contributed by atoms with E-state index in [1.165, 1.54) is 29.2 Å². The molecule has 0 heterocycles. The first kappa shape index (κ1) is 30.7. The molecule has 1 N–H and O–H groups in total. The van der Waals surface area contributed by atoms with Gasteiger partial charge in [0.15, 0.2) is 11.6 Å². The third kappa shape index (κ3) is 8.57. The first-order chi connectivity index (χ1) is 18.8. The number of nitrogens with one attached hydrogen (secondary N) is 1. The normalized spacial score (nSPS) is 12.2. The minimum atomic E-state index is -4.13. The molecule has 7 nitrogen and oxygen atoms in total. The molecule has 0 radical (unpaired) electrons. The third-order valence-electron chi connectivity index (χ3n) is 6.09. The number of halogens is 3. The van der Waals surface area contributed by atoms with Crippen LogP contribution in [0.4, 0.5) is 18.9 Å². The van der Waals surface area contributed by atoms with Crippen molar-refractivity contribution in [2.75, 3.05) is 23.7 Å². The zero-order valence-corrected chi connectivity index (χ0v) is 23.3. The van der Waals surface area contributed by atoms with E-state index in [2.05, 4.69) is 5.32 Å². The summed E-state index contributed by atoms with van der Waals surface area (Å²) in [5.41, 5.74) is 1.01. The average Bonchev–Trinajstić information content (AvgIpc) is 2.90. The molecular formula is C29H32F3N3O4S. The smallest absolute Gasteiger partial charge is 0.244 e. The van der Waals surface area contributed by atoms with Gasteiger partial charge in [-0.05, 0) is 41.3 Å². The molecule has 3 aromatic rings. The zero-order valence-electron chi connectivity index (χ0n) is 22.5. The lowest BCUT2D eigenvalue weighted by atomic mass is 10.0. The Morgan fingerprint density at radius 2 is 1.52 bits per heavy atom. The van der Waals surface area contributed by atoms with Crippen LogP contribution in [0, 0.1) is 23.4 Å². The summed E-state index contributed by atoms with van der Waals surface area (Å²) >= 11 is 0. The van der Waals surface area contributed by atoms with E-state index in [0.717, 1.165) is 24.0 Å². The first-order valence-electron chi connectivity index (χ1n) is 12.6. The fourth-order valence-corrected chi connectivity index (χ4v) is 4.86. The number of carbonyl (C=O) groups is 2. The standard InChI is InChI=1S/C29H32F3N3O4S/c1-20(2)17-33-29(37)27(15-21-7-5-4-6-8-21)34(18-22-9-11-23(30)12-10-22)28(36)19-35(40(3,38)39)24-13-14-25(31)26(32)16-24/h4-14,16,20,27H,15,17-19H2,1-3H3,(H,33,37). The lowest BCUT2D eigenvalue weighted by Gasteiger charge is -2.33. The molecule has 0 saturated heterocycles. The van der Waals surface area contributed by atoms with Gasteiger partial charge in [0, 0.05) is 25.6 Å². The molecule has 0 aromatic heterocycles. The van der Waals surface area contributed by atoms with E-state index in [9.17, 15) is 31.2 Å². The molecule has 0 fully saturated rings. The number of hydrogen-bond donors (Lipinski definition) is 1. The number of rotatable bonds is 12. The molecule has 214 valence electrons. The molecule has 0 spiro atoms. The molecule has 2 amide bonds. The van der Waals surface area contributed by atoms with Crippen molar-refractivity contribution < 1.29 is 31.2 Å². The van der Waals surface area contributed by atoms with Crippen LogP contribution in [0.1, 0.15) is 25.0 Å². The van der Waals surface area contributed by atoms with Crippen LogP contribution in [0.15, 0.2) is 72.8 Å². The Hall–Kier alpha value is -3.86. The molecule has 11 heteroatoms. The highest BCUT2D eigenvalue weighted by molar-refractivity contribution is 7.92. The second-order valence-corrected chi connectivity index (χ2v) is 11.8. The predicted octanol–water partition coefficient (Wildman–Crippen LogP) is 4.28. The maximum absolute atomic E-state index is 14.0. The van der Waals surface area contributed by atoms with Gasteiger partial charge < -0.3 is 10.2 Å². The minimum absolute atomic E-state index is 0.113. The molecule has 3 aromatic carbocycles. The van der Waals surface area contributed by atoms with E-state index in [-0.39, 0.29) is 24.6 Å². The van der Waals surface area contributed by atoms with Crippen molar-refractivity contribution in [3.8, 4) is 0 Å². The molecule has 0 aliphatic heterocycles. The van der Waals surface area contributed by atoms with Gasteiger partial charge in [-0.25, -0.2) is 21.6 Å². The van der Waals surface area contributed by atoms with Gasteiger partial charge in [-0.2, -0.15) is 0 Å². The molecule has 0 aliphatic rings. The van der Waals surface area contributed by atoms with Crippen molar-refractivity contribution in [1.29, 1.82) is 0 Å². The van der Waals surface area contributed by atoms with Gasteiger partial charge in [0.05, 0.1) is 11.9 Å². The fraction of sp³-hybridized carbons (Fsp3) is 0.310. The van der Waals surface area contributed by atoms with Crippen molar-refractivity contribution in [2.24, 2.45) is 5.92 Å². The first-order valence-corrected chi connectivity index (χ1v) is 14.5. The van der Waals surface area contributed by atoms with Crippen molar-refractivity contribution in [2.45, 2.75) is 32.9 Å². The van der Waals surface area contributed by atoms with Gasteiger partial charge in [0.1, 0.15) is 18.4 Å². The van der Waals surface area contributed by atoms with Crippen molar-refractivity contribution in [3.63, 3.8) is 0 Å². The quantitative estimate of drug-likeness (QED) is 0.349. The summed E-state index contributed by atoms with van der Waals surface area (Å²) in [5.74, 6) is -4.04. The van der Waals surface area contributed by atoms with Crippen LogP contribution in [0.2, 0.25) is 0 Å². The van der Waals surface area contributed by atoms with E-state index in [1.807, 2.05) is 19.9 Å². The molecular weight excluding hydrogens is 543 g/mol. The number of sulfonamides is 1. The van der Waals surface area contributed by atoms with E-state index >= 15 is 0 Å². The van der Waals surface area contributed by atoms with Crippen LogP contribution in [-0.2, 0) is 32.6 Å². The molecule has 0 saturated carbocycles. The van der Waals surface area contributed by atoms with Crippen molar-refractivity contribution in [1.82, 2.24) is 10.2 Å². The molecule has 0 aliphatic carbocycles. The Morgan fingerprint density at radius 1 is 0.875 bits per heavy atom. The van der Waals surface area contributed by atoms with Crippen molar-refractivity contribution in [3.05, 3.63) is 101 Å². The summed E-state index contributed by atoms with van der Waals surface area (Å²) in [6.07, 6.45) is 0.949. The van der Waals surface area contributed by atoms with E-state index in [1.54, 1.807) is 24.3 Å². The van der Waals surface area contributed by atoms with E-state index in [4.69, 9.17) is 0 Å². The highest BCUT2D eigenvalue weighted by atomic mass is 32.2. The summed E-state index contributed by atoms with van der Waals surface area (Å²) in [7, 11) is -4.13.